The van der Waals surface area contributed by atoms with Gasteiger partial charge in [0, 0.05) is 12.0 Å². The fraction of sp³-hybridized carbons (Fsp3) is 0.333. The fourth-order valence-corrected chi connectivity index (χ4v) is 2.77. The third-order valence-corrected chi connectivity index (χ3v) is 4.06. The summed E-state index contributed by atoms with van der Waals surface area (Å²) >= 11 is 6.04. The smallest absolute Gasteiger partial charge is 0.321 e. The number of carbonyl (C=O) groups excluding carboxylic acids is 2. The molecule has 1 aromatic carbocycles. The van der Waals surface area contributed by atoms with Gasteiger partial charge in [-0.05, 0) is 30.7 Å². The van der Waals surface area contributed by atoms with E-state index in [9.17, 15) is 19.5 Å². The zero-order valence-corrected chi connectivity index (χ0v) is 13.5. The van der Waals surface area contributed by atoms with Crippen LogP contribution in [0.1, 0.15) is 24.0 Å². The standard InChI is InChI=1S/C15H19ClN4O4/c16-10-7-8(1-2-9(10)13(19)20)15(4-5-17,14(23)24)12(22)11(18)3-6-21/h1-2,6-7,11H,3-5,17-18H2,(H3,19,20)(H,23,24). The molecule has 0 bridgehead atoms. The van der Waals surface area contributed by atoms with E-state index in [4.69, 9.17) is 34.2 Å². The van der Waals surface area contributed by atoms with Crippen LogP contribution in [0.5, 0.6) is 0 Å². The lowest BCUT2D eigenvalue weighted by molar-refractivity contribution is -0.150. The van der Waals surface area contributed by atoms with E-state index >= 15 is 0 Å². The molecular formula is C15H19ClN4O4. The number of aldehydes is 1. The quantitative estimate of drug-likeness (QED) is 0.176. The minimum absolute atomic E-state index is 0.0272. The van der Waals surface area contributed by atoms with Gasteiger partial charge in [-0.1, -0.05) is 17.7 Å². The molecule has 0 aromatic heterocycles. The van der Waals surface area contributed by atoms with Crippen LogP contribution in [0.4, 0.5) is 0 Å². The third-order valence-electron chi connectivity index (χ3n) is 3.74. The largest absolute Gasteiger partial charge is 0.480 e. The summed E-state index contributed by atoms with van der Waals surface area (Å²) in [6, 6.07) is 2.68. The Morgan fingerprint density at radius 1 is 1.42 bits per heavy atom. The van der Waals surface area contributed by atoms with Gasteiger partial charge < -0.3 is 27.1 Å². The van der Waals surface area contributed by atoms with Gasteiger partial charge in [0.2, 0.25) is 0 Å². The Kier molecular flexibility index (Phi) is 6.59. The van der Waals surface area contributed by atoms with Crippen molar-refractivity contribution in [1.82, 2.24) is 0 Å². The minimum Gasteiger partial charge on any atom is -0.480 e. The normalized spacial score (nSPS) is 14.5. The lowest BCUT2D eigenvalue weighted by atomic mass is 9.71. The molecule has 8 nitrogen and oxygen atoms in total. The number of benzene rings is 1. The summed E-state index contributed by atoms with van der Waals surface area (Å²) in [6.07, 6.45) is -0.0788. The first-order valence-electron chi connectivity index (χ1n) is 7.03. The van der Waals surface area contributed by atoms with Crippen LogP contribution >= 0.6 is 11.6 Å². The van der Waals surface area contributed by atoms with Crippen LogP contribution in [-0.2, 0) is 19.8 Å². The average molecular weight is 355 g/mol. The van der Waals surface area contributed by atoms with Crippen LogP contribution < -0.4 is 17.2 Å². The molecule has 0 aliphatic carbocycles. The summed E-state index contributed by atoms with van der Waals surface area (Å²) in [4.78, 5) is 35.3. The highest BCUT2D eigenvalue weighted by Gasteiger charge is 2.48. The van der Waals surface area contributed by atoms with Crippen LogP contribution in [0.25, 0.3) is 0 Å². The molecular weight excluding hydrogens is 336 g/mol. The maximum absolute atomic E-state index is 12.7. The van der Waals surface area contributed by atoms with E-state index in [0.717, 1.165) is 0 Å². The summed E-state index contributed by atoms with van der Waals surface area (Å²) < 4.78 is 0. The van der Waals surface area contributed by atoms with E-state index in [1.54, 1.807) is 0 Å². The van der Waals surface area contributed by atoms with Crippen molar-refractivity contribution >= 4 is 35.5 Å². The highest BCUT2D eigenvalue weighted by atomic mass is 35.5. The summed E-state index contributed by atoms with van der Waals surface area (Å²) in [6.45, 7) is -0.0993. The highest BCUT2D eigenvalue weighted by Crippen LogP contribution is 2.33. The molecule has 2 unspecified atom stereocenters. The van der Waals surface area contributed by atoms with Crippen LogP contribution in [-0.4, -0.2) is 41.6 Å². The number of carboxylic acids is 1. The first-order chi connectivity index (χ1) is 11.2. The number of Topliss-reactive ketones (excluding diaryl/α,β-unsaturated/α-hetero) is 1. The van der Waals surface area contributed by atoms with Crippen LogP contribution in [0.2, 0.25) is 5.02 Å². The second kappa shape index (κ2) is 8.00. The van der Waals surface area contributed by atoms with Crippen LogP contribution in [0.15, 0.2) is 18.2 Å². The van der Waals surface area contributed by atoms with E-state index in [1.807, 2.05) is 0 Å². The first kappa shape index (κ1) is 19.8. The van der Waals surface area contributed by atoms with Gasteiger partial charge in [-0.25, -0.2) is 0 Å². The van der Waals surface area contributed by atoms with Crippen molar-refractivity contribution in [1.29, 1.82) is 5.41 Å². The zero-order valence-electron chi connectivity index (χ0n) is 12.8. The van der Waals surface area contributed by atoms with Crippen LogP contribution in [0.3, 0.4) is 0 Å². The summed E-state index contributed by atoms with van der Waals surface area (Å²) in [7, 11) is 0. The highest BCUT2D eigenvalue weighted by molar-refractivity contribution is 6.34. The van der Waals surface area contributed by atoms with Crippen molar-refractivity contribution in [3.8, 4) is 0 Å². The molecule has 0 aliphatic heterocycles. The van der Waals surface area contributed by atoms with Crippen molar-refractivity contribution in [2.75, 3.05) is 6.54 Å². The Labute approximate surface area is 143 Å². The molecule has 1 aromatic rings. The average Bonchev–Trinajstić information content (AvgIpc) is 2.51. The Bertz CT molecular complexity index is 679. The molecule has 0 fully saturated rings. The molecule has 0 saturated heterocycles. The van der Waals surface area contributed by atoms with Crippen molar-refractivity contribution < 1.29 is 19.5 Å². The van der Waals surface area contributed by atoms with E-state index in [1.165, 1.54) is 18.2 Å². The van der Waals surface area contributed by atoms with E-state index in [-0.39, 0.29) is 41.4 Å². The van der Waals surface area contributed by atoms with Crippen molar-refractivity contribution in [2.45, 2.75) is 24.3 Å². The number of nitrogen functional groups attached to an aromatic ring is 1. The van der Waals surface area contributed by atoms with Gasteiger partial charge >= 0.3 is 5.97 Å². The number of amidine groups is 1. The molecule has 130 valence electrons. The molecule has 2 atom stereocenters. The molecule has 0 heterocycles. The van der Waals surface area contributed by atoms with Gasteiger partial charge in [-0.2, -0.15) is 0 Å². The SMILES string of the molecule is N=C(N)c1ccc(C(CCN)(C(=O)O)C(=O)C(N)CC=O)cc1Cl. The van der Waals surface area contributed by atoms with Gasteiger partial charge in [-0.15, -0.1) is 0 Å². The Morgan fingerprint density at radius 3 is 2.46 bits per heavy atom. The number of ketones is 1. The van der Waals surface area contributed by atoms with Crippen molar-refractivity contribution in [3.63, 3.8) is 0 Å². The summed E-state index contributed by atoms with van der Waals surface area (Å²) in [5.41, 5.74) is 14.8. The number of nitrogens with one attached hydrogen (secondary N) is 1. The van der Waals surface area contributed by atoms with Crippen molar-refractivity contribution in [2.24, 2.45) is 17.2 Å². The Morgan fingerprint density at radius 2 is 2.04 bits per heavy atom. The molecule has 0 saturated carbocycles. The zero-order chi connectivity index (χ0) is 18.5. The van der Waals surface area contributed by atoms with Gasteiger partial charge in [0.1, 0.15) is 12.1 Å². The number of rotatable bonds is 9. The molecule has 24 heavy (non-hydrogen) atoms. The number of hydrogen-bond donors (Lipinski definition) is 5. The Hall–Kier alpha value is -2.29. The monoisotopic (exact) mass is 354 g/mol. The number of carbonyl (C=O) groups is 3. The predicted octanol–water partition coefficient (Wildman–Crippen LogP) is -0.219. The second-order valence-corrected chi connectivity index (χ2v) is 5.64. The molecule has 8 N–H and O–H groups in total. The molecule has 0 amide bonds. The van der Waals surface area contributed by atoms with Gasteiger partial charge in [0.25, 0.3) is 0 Å². The minimum atomic E-state index is -2.03. The molecule has 0 radical (unpaired) electrons. The predicted molar refractivity (Wildman–Crippen MR) is 89.1 cm³/mol. The molecule has 0 spiro atoms. The second-order valence-electron chi connectivity index (χ2n) is 5.23. The fourth-order valence-electron chi connectivity index (χ4n) is 2.49. The lowest BCUT2D eigenvalue weighted by Gasteiger charge is -2.30. The Balaban J connectivity index is 3.56. The van der Waals surface area contributed by atoms with Crippen molar-refractivity contribution in [3.05, 3.63) is 34.3 Å². The maximum atomic E-state index is 12.7. The third kappa shape index (κ3) is 3.61. The number of aliphatic carboxylic acids is 1. The van der Waals surface area contributed by atoms with Gasteiger partial charge in [0.15, 0.2) is 11.2 Å². The van der Waals surface area contributed by atoms with Crippen LogP contribution in [0, 0.1) is 5.41 Å². The first-order valence-corrected chi connectivity index (χ1v) is 7.41. The van der Waals surface area contributed by atoms with E-state index < -0.39 is 23.2 Å². The maximum Gasteiger partial charge on any atom is 0.321 e. The number of hydrogen-bond acceptors (Lipinski definition) is 6. The van der Waals surface area contributed by atoms with E-state index in [0.29, 0.717) is 6.29 Å². The molecule has 9 heteroatoms. The molecule has 1 rings (SSSR count). The topological polar surface area (TPSA) is 173 Å². The van der Waals surface area contributed by atoms with Gasteiger partial charge in [-0.3, -0.25) is 15.0 Å². The summed E-state index contributed by atoms with van der Waals surface area (Å²) in [5, 5.41) is 17.2. The summed E-state index contributed by atoms with van der Waals surface area (Å²) in [5.74, 6) is -2.57. The number of halogens is 1. The number of nitrogens with two attached hydrogens (primary N) is 3. The van der Waals surface area contributed by atoms with Gasteiger partial charge in [0.05, 0.1) is 11.1 Å². The van der Waals surface area contributed by atoms with E-state index in [2.05, 4.69) is 0 Å². The number of carboxylic acid groups (broad SMARTS) is 1. The molecule has 0 aliphatic rings. The lowest BCUT2D eigenvalue weighted by Crippen LogP contribution is -2.52.